The second-order valence-electron chi connectivity index (χ2n) is 2.52. The molecule has 1 aromatic rings. The van der Waals surface area contributed by atoms with Crippen LogP contribution in [0.15, 0.2) is 12.1 Å². The summed E-state index contributed by atoms with van der Waals surface area (Å²) in [5.74, 6) is 1.29. The average molecular weight is 200 g/mol. The smallest absolute Gasteiger partial charge is 0.174 e. The Balaban J connectivity index is 3.04. The van der Waals surface area contributed by atoms with Crippen molar-refractivity contribution in [1.29, 1.82) is 0 Å². The molecule has 0 atom stereocenters. The van der Waals surface area contributed by atoms with Crippen LogP contribution in [0.4, 0.5) is 13.2 Å². The molecule has 14 heavy (non-hydrogen) atoms. The van der Waals surface area contributed by atoms with Gasteiger partial charge in [0, 0.05) is 12.5 Å². The highest BCUT2D eigenvalue weighted by Crippen LogP contribution is 2.12. The maximum atomic E-state index is 12.9. The summed E-state index contributed by atoms with van der Waals surface area (Å²) in [6, 6.07) is 1.26. The van der Waals surface area contributed by atoms with Crippen LogP contribution in [0.25, 0.3) is 0 Å². The first-order valence-corrected chi connectivity index (χ1v) is 3.89. The van der Waals surface area contributed by atoms with Crippen LogP contribution in [0.3, 0.4) is 0 Å². The monoisotopic (exact) mass is 200 g/mol. The van der Waals surface area contributed by atoms with Crippen molar-refractivity contribution >= 4 is 0 Å². The van der Waals surface area contributed by atoms with Crippen LogP contribution in [0.5, 0.6) is 0 Å². The summed E-state index contributed by atoms with van der Waals surface area (Å²) in [4.78, 5) is 0. The Bertz CT molecular complexity index is 390. The van der Waals surface area contributed by atoms with Gasteiger partial charge in [-0.15, -0.1) is 0 Å². The molecule has 74 valence electrons. The zero-order chi connectivity index (χ0) is 10.6. The van der Waals surface area contributed by atoms with Gasteiger partial charge in [-0.05, 0) is 6.07 Å². The lowest BCUT2D eigenvalue weighted by Gasteiger charge is -1.96. The maximum Gasteiger partial charge on any atom is 0.174 e. The second kappa shape index (κ2) is 4.68. The molecular formula is C10H7F3O. The number of rotatable bonds is 1. The largest absolute Gasteiger partial charge is 0.395 e. The molecular weight excluding hydrogens is 193 g/mol. The Morgan fingerprint density at radius 2 is 1.93 bits per heavy atom. The first kappa shape index (κ1) is 10.6. The second-order valence-corrected chi connectivity index (χ2v) is 2.52. The van der Waals surface area contributed by atoms with Gasteiger partial charge in [0.25, 0.3) is 0 Å². The van der Waals surface area contributed by atoms with Crippen molar-refractivity contribution in [3.8, 4) is 11.8 Å². The summed E-state index contributed by atoms with van der Waals surface area (Å²) in [7, 11) is 0. The van der Waals surface area contributed by atoms with Crippen molar-refractivity contribution in [1.82, 2.24) is 0 Å². The molecule has 4 heteroatoms. The minimum atomic E-state index is -1.27. The highest BCUT2D eigenvalue weighted by atomic mass is 19.2. The summed E-state index contributed by atoms with van der Waals surface area (Å²) < 4.78 is 38.1. The van der Waals surface area contributed by atoms with E-state index < -0.39 is 17.5 Å². The highest BCUT2D eigenvalue weighted by Gasteiger charge is 2.08. The summed E-state index contributed by atoms with van der Waals surface area (Å²) in [5, 5.41) is 8.38. The SMILES string of the molecule is OCCC#Cc1cc(F)cc(F)c1F. The molecule has 0 fully saturated rings. The molecule has 0 aliphatic rings. The quantitative estimate of drug-likeness (QED) is 0.541. The van der Waals surface area contributed by atoms with Gasteiger partial charge in [0.1, 0.15) is 5.82 Å². The van der Waals surface area contributed by atoms with E-state index in [1.807, 2.05) is 0 Å². The average Bonchev–Trinajstić information content (AvgIpc) is 2.13. The minimum Gasteiger partial charge on any atom is -0.395 e. The Labute approximate surface area is 79.2 Å². The van der Waals surface area contributed by atoms with Crippen LogP contribution in [-0.4, -0.2) is 11.7 Å². The van der Waals surface area contributed by atoms with Gasteiger partial charge in [-0.2, -0.15) is 0 Å². The normalized spacial score (nSPS) is 9.43. The van der Waals surface area contributed by atoms with E-state index in [1.165, 1.54) is 0 Å². The fraction of sp³-hybridized carbons (Fsp3) is 0.200. The molecule has 1 aromatic carbocycles. The fourth-order valence-corrected chi connectivity index (χ4v) is 0.861. The van der Waals surface area contributed by atoms with Crippen molar-refractivity contribution in [3.63, 3.8) is 0 Å². The summed E-state index contributed by atoms with van der Waals surface area (Å²) in [6.07, 6.45) is 0.136. The molecule has 1 nitrogen and oxygen atoms in total. The molecule has 1 N–H and O–H groups in total. The zero-order valence-corrected chi connectivity index (χ0v) is 7.15. The molecule has 0 saturated heterocycles. The molecule has 0 aromatic heterocycles. The topological polar surface area (TPSA) is 20.2 Å². The van der Waals surface area contributed by atoms with Gasteiger partial charge in [0.2, 0.25) is 0 Å². The molecule has 0 unspecified atom stereocenters. The van der Waals surface area contributed by atoms with Crippen LogP contribution in [-0.2, 0) is 0 Å². The fourth-order valence-electron chi connectivity index (χ4n) is 0.861. The molecule has 1 rings (SSSR count). The molecule has 0 bridgehead atoms. The van der Waals surface area contributed by atoms with E-state index in [-0.39, 0.29) is 18.6 Å². The standard InChI is InChI=1S/C10H7F3O/c11-8-5-7(3-1-2-4-14)10(13)9(12)6-8/h5-6,14H,2,4H2. The van der Waals surface area contributed by atoms with Gasteiger partial charge in [0.15, 0.2) is 11.6 Å². The molecule has 0 spiro atoms. The molecule has 0 aliphatic carbocycles. The number of aliphatic hydroxyl groups is 1. The highest BCUT2D eigenvalue weighted by molar-refractivity contribution is 5.36. The number of hydrogen-bond donors (Lipinski definition) is 1. The number of aliphatic hydroxyl groups excluding tert-OH is 1. The van der Waals surface area contributed by atoms with Gasteiger partial charge < -0.3 is 5.11 Å². The first-order valence-electron chi connectivity index (χ1n) is 3.89. The maximum absolute atomic E-state index is 12.9. The number of halogens is 3. The third kappa shape index (κ3) is 2.51. The Kier molecular flexibility index (Phi) is 3.55. The van der Waals surface area contributed by atoms with Gasteiger partial charge in [0.05, 0.1) is 12.2 Å². The van der Waals surface area contributed by atoms with Crippen LogP contribution >= 0.6 is 0 Å². The zero-order valence-electron chi connectivity index (χ0n) is 7.15. The van der Waals surface area contributed by atoms with E-state index in [9.17, 15) is 13.2 Å². The van der Waals surface area contributed by atoms with Crippen LogP contribution in [0.2, 0.25) is 0 Å². The third-order valence-electron chi connectivity index (χ3n) is 1.45. The van der Waals surface area contributed by atoms with Crippen molar-refractivity contribution in [2.75, 3.05) is 6.61 Å². The van der Waals surface area contributed by atoms with Crippen molar-refractivity contribution in [3.05, 3.63) is 35.1 Å². The lowest BCUT2D eigenvalue weighted by molar-refractivity contribution is 0.305. The van der Waals surface area contributed by atoms with Crippen molar-refractivity contribution < 1.29 is 18.3 Å². The molecule has 0 radical (unpaired) electrons. The van der Waals surface area contributed by atoms with E-state index >= 15 is 0 Å². The van der Waals surface area contributed by atoms with E-state index in [1.54, 1.807) is 0 Å². The van der Waals surface area contributed by atoms with Gasteiger partial charge in [-0.1, -0.05) is 11.8 Å². The summed E-state index contributed by atoms with van der Waals surface area (Å²) in [6.45, 7) is -0.174. The predicted molar refractivity (Wildman–Crippen MR) is 44.9 cm³/mol. The van der Waals surface area contributed by atoms with E-state index in [0.29, 0.717) is 6.07 Å². The van der Waals surface area contributed by atoms with Crippen molar-refractivity contribution in [2.24, 2.45) is 0 Å². The Hall–Kier alpha value is -1.47. The van der Waals surface area contributed by atoms with Gasteiger partial charge in [-0.25, -0.2) is 13.2 Å². The molecule has 0 heterocycles. The lowest BCUT2D eigenvalue weighted by atomic mass is 10.2. The molecule has 0 saturated carbocycles. The van der Waals surface area contributed by atoms with E-state index in [2.05, 4.69) is 11.8 Å². The number of hydrogen-bond acceptors (Lipinski definition) is 1. The Morgan fingerprint density at radius 1 is 1.21 bits per heavy atom. The predicted octanol–water partition coefficient (Wildman–Crippen LogP) is 1.84. The number of benzene rings is 1. The molecule has 0 aliphatic heterocycles. The van der Waals surface area contributed by atoms with Gasteiger partial charge >= 0.3 is 0 Å². The Morgan fingerprint density at radius 3 is 2.57 bits per heavy atom. The van der Waals surface area contributed by atoms with Crippen molar-refractivity contribution in [2.45, 2.75) is 6.42 Å². The first-order chi connectivity index (χ1) is 6.65. The third-order valence-corrected chi connectivity index (χ3v) is 1.45. The van der Waals surface area contributed by atoms with Crippen LogP contribution < -0.4 is 0 Å². The minimum absolute atomic E-state index is 0.136. The van der Waals surface area contributed by atoms with Crippen LogP contribution in [0, 0.1) is 29.3 Å². The van der Waals surface area contributed by atoms with Gasteiger partial charge in [-0.3, -0.25) is 0 Å². The summed E-state index contributed by atoms with van der Waals surface area (Å²) >= 11 is 0. The van der Waals surface area contributed by atoms with E-state index in [4.69, 9.17) is 5.11 Å². The van der Waals surface area contributed by atoms with E-state index in [0.717, 1.165) is 6.07 Å². The van der Waals surface area contributed by atoms with Crippen LogP contribution in [0.1, 0.15) is 12.0 Å². The summed E-state index contributed by atoms with van der Waals surface area (Å²) in [5.41, 5.74) is -0.337. The lowest BCUT2D eigenvalue weighted by Crippen LogP contribution is -1.92. The molecule has 0 amide bonds.